The zero-order valence-electron chi connectivity index (χ0n) is 15.6. The summed E-state index contributed by atoms with van der Waals surface area (Å²) in [5.41, 5.74) is 1.06. The summed E-state index contributed by atoms with van der Waals surface area (Å²) in [5, 5.41) is 6.52. The molecule has 27 heavy (non-hydrogen) atoms. The van der Waals surface area contributed by atoms with Crippen LogP contribution in [0.15, 0.2) is 52.4 Å². The lowest BCUT2D eigenvalue weighted by molar-refractivity contribution is 0.354. The molecule has 2 aromatic rings. The quantitative estimate of drug-likeness (QED) is 0.187. The van der Waals surface area contributed by atoms with Gasteiger partial charge in [-0.1, -0.05) is 6.07 Å². The molecule has 5 nitrogen and oxygen atoms in total. The number of methoxy groups -OCH3 is 2. The molecule has 8 heteroatoms. The van der Waals surface area contributed by atoms with Gasteiger partial charge < -0.3 is 20.1 Å². The monoisotopic (exact) mass is 505 g/mol. The van der Waals surface area contributed by atoms with Gasteiger partial charge in [0.05, 0.1) is 14.2 Å². The molecule has 0 unspecified atom stereocenters. The molecule has 0 aliphatic carbocycles. The van der Waals surface area contributed by atoms with Gasteiger partial charge in [0.2, 0.25) is 0 Å². The molecule has 0 heterocycles. The normalized spacial score (nSPS) is 10.7. The van der Waals surface area contributed by atoms with Gasteiger partial charge in [0.15, 0.2) is 17.5 Å². The van der Waals surface area contributed by atoms with Crippen LogP contribution in [0, 0.1) is 5.82 Å². The van der Waals surface area contributed by atoms with Crippen molar-refractivity contribution in [2.45, 2.75) is 11.4 Å². The van der Waals surface area contributed by atoms with Gasteiger partial charge in [-0.15, -0.1) is 35.7 Å². The van der Waals surface area contributed by atoms with Crippen LogP contribution >= 0.6 is 35.7 Å². The molecule has 2 rings (SSSR count). The summed E-state index contributed by atoms with van der Waals surface area (Å²) in [6, 6.07) is 12.3. The van der Waals surface area contributed by atoms with Crippen molar-refractivity contribution < 1.29 is 13.9 Å². The number of rotatable bonds is 8. The van der Waals surface area contributed by atoms with E-state index in [9.17, 15) is 4.39 Å². The molecular weight excluding hydrogens is 480 g/mol. The molecule has 0 atom stereocenters. The van der Waals surface area contributed by atoms with Crippen molar-refractivity contribution in [3.63, 3.8) is 0 Å². The van der Waals surface area contributed by atoms with E-state index in [1.165, 1.54) is 12.1 Å². The summed E-state index contributed by atoms with van der Waals surface area (Å²) >= 11 is 1.66. The summed E-state index contributed by atoms with van der Waals surface area (Å²) in [4.78, 5) is 5.26. The van der Waals surface area contributed by atoms with Gasteiger partial charge in [-0.25, -0.2) is 4.39 Å². The Hall–Kier alpha value is -1.68. The molecule has 0 saturated heterocycles. The topological polar surface area (TPSA) is 54.9 Å². The SMILES string of the molecule is CN=C(NCCSc1ccc(F)cc1)NCc1ccc(OC)c(OC)c1.I. The third-order valence-electron chi connectivity index (χ3n) is 3.61. The second-order valence-electron chi connectivity index (χ2n) is 5.34. The first kappa shape index (κ1) is 23.4. The van der Waals surface area contributed by atoms with Crippen LogP contribution in [0.5, 0.6) is 11.5 Å². The van der Waals surface area contributed by atoms with Gasteiger partial charge in [-0.05, 0) is 42.0 Å². The van der Waals surface area contributed by atoms with Crippen molar-refractivity contribution in [1.82, 2.24) is 10.6 Å². The molecule has 0 aliphatic heterocycles. The number of benzene rings is 2. The Morgan fingerprint density at radius 2 is 1.74 bits per heavy atom. The van der Waals surface area contributed by atoms with E-state index in [0.717, 1.165) is 28.7 Å². The Morgan fingerprint density at radius 3 is 2.37 bits per heavy atom. The maximum atomic E-state index is 12.9. The number of guanidine groups is 1. The van der Waals surface area contributed by atoms with Crippen LogP contribution in [0.25, 0.3) is 0 Å². The van der Waals surface area contributed by atoms with Gasteiger partial charge >= 0.3 is 0 Å². The fraction of sp³-hybridized carbons (Fsp3) is 0.316. The van der Waals surface area contributed by atoms with Crippen molar-refractivity contribution in [3.8, 4) is 11.5 Å². The molecule has 148 valence electrons. The lowest BCUT2D eigenvalue weighted by Gasteiger charge is -2.13. The first-order valence-electron chi connectivity index (χ1n) is 8.20. The largest absolute Gasteiger partial charge is 0.493 e. The minimum absolute atomic E-state index is 0. The molecule has 0 aromatic heterocycles. The van der Waals surface area contributed by atoms with Gasteiger partial charge in [0.1, 0.15) is 5.82 Å². The summed E-state index contributed by atoms with van der Waals surface area (Å²) in [5.74, 6) is 2.76. The van der Waals surface area contributed by atoms with E-state index in [1.54, 1.807) is 45.2 Å². The van der Waals surface area contributed by atoms with E-state index in [0.29, 0.717) is 18.0 Å². The Balaban J connectivity index is 0.00000364. The molecule has 0 fully saturated rings. The Morgan fingerprint density at radius 1 is 1.04 bits per heavy atom. The summed E-state index contributed by atoms with van der Waals surface area (Å²) in [6.07, 6.45) is 0. The average molecular weight is 505 g/mol. The number of thioether (sulfide) groups is 1. The molecule has 0 spiro atoms. The third-order valence-corrected chi connectivity index (χ3v) is 4.62. The van der Waals surface area contributed by atoms with E-state index in [1.807, 2.05) is 18.2 Å². The number of aliphatic imine (C=N–C) groups is 1. The highest BCUT2D eigenvalue weighted by Gasteiger charge is 2.05. The number of ether oxygens (including phenoxy) is 2. The lowest BCUT2D eigenvalue weighted by Crippen LogP contribution is -2.37. The van der Waals surface area contributed by atoms with E-state index in [2.05, 4.69) is 15.6 Å². The van der Waals surface area contributed by atoms with Gasteiger partial charge in [-0.2, -0.15) is 0 Å². The molecule has 0 aliphatic rings. The van der Waals surface area contributed by atoms with Gasteiger partial charge in [0, 0.05) is 30.8 Å². The second kappa shape index (κ2) is 12.7. The van der Waals surface area contributed by atoms with Crippen LogP contribution in [0.4, 0.5) is 4.39 Å². The van der Waals surface area contributed by atoms with Crippen LogP contribution in [-0.4, -0.2) is 39.5 Å². The first-order valence-corrected chi connectivity index (χ1v) is 9.18. The standard InChI is InChI=1S/C19H24FN3O2S.HI/c1-21-19(22-10-11-26-16-7-5-15(20)6-8-16)23-13-14-4-9-17(24-2)18(12-14)25-3;/h4-9,12H,10-11,13H2,1-3H3,(H2,21,22,23);1H. The first-order chi connectivity index (χ1) is 12.7. The number of nitrogens with zero attached hydrogens (tertiary/aromatic N) is 1. The zero-order valence-corrected chi connectivity index (χ0v) is 18.8. The number of hydrogen-bond donors (Lipinski definition) is 2. The molecule has 2 N–H and O–H groups in total. The van der Waals surface area contributed by atoms with E-state index in [4.69, 9.17) is 9.47 Å². The van der Waals surface area contributed by atoms with Crippen molar-refractivity contribution >= 4 is 41.7 Å². The van der Waals surface area contributed by atoms with Crippen LogP contribution in [0.2, 0.25) is 0 Å². The summed E-state index contributed by atoms with van der Waals surface area (Å²) in [6.45, 7) is 1.36. The van der Waals surface area contributed by atoms with Gasteiger partial charge in [0.25, 0.3) is 0 Å². The molecule has 0 bridgehead atoms. The summed E-state index contributed by atoms with van der Waals surface area (Å²) in [7, 11) is 4.97. The maximum Gasteiger partial charge on any atom is 0.191 e. The van der Waals surface area contributed by atoms with Crippen LogP contribution in [0.3, 0.4) is 0 Å². The summed E-state index contributed by atoms with van der Waals surface area (Å²) < 4.78 is 23.4. The highest BCUT2D eigenvalue weighted by Crippen LogP contribution is 2.27. The minimum Gasteiger partial charge on any atom is -0.493 e. The van der Waals surface area contributed by atoms with E-state index >= 15 is 0 Å². The Kier molecular flexibility index (Phi) is 11.0. The van der Waals surface area contributed by atoms with Crippen LogP contribution in [-0.2, 0) is 6.54 Å². The second-order valence-corrected chi connectivity index (χ2v) is 6.51. The minimum atomic E-state index is -0.216. The number of nitrogens with one attached hydrogen (secondary N) is 2. The van der Waals surface area contributed by atoms with Crippen molar-refractivity contribution in [2.24, 2.45) is 4.99 Å². The van der Waals surface area contributed by atoms with Crippen molar-refractivity contribution in [2.75, 3.05) is 33.6 Å². The molecule has 0 amide bonds. The van der Waals surface area contributed by atoms with Crippen LogP contribution < -0.4 is 20.1 Å². The van der Waals surface area contributed by atoms with Crippen LogP contribution in [0.1, 0.15) is 5.56 Å². The lowest BCUT2D eigenvalue weighted by atomic mass is 10.2. The fourth-order valence-corrected chi connectivity index (χ4v) is 3.03. The predicted octanol–water partition coefficient (Wildman–Crippen LogP) is 3.92. The Labute approximate surface area is 181 Å². The smallest absolute Gasteiger partial charge is 0.191 e. The number of halogens is 2. The Bertz CT molecular complexity index is 729. The van der Waals surface area contributed by atoms with Crippen molar-refractivity contribution in [1.29, 1.82) is 0 Å². The predicted molar refractivity (Wildman–Crippen MR) is 120 cm³/mol. The highest BCUT2D eigenvalue weighted by molar-refractivity contribution is 14.0. The van der Waals surface area contributed by atoms with Gasteiger partial charge in [-0.3, -0.25) is 4.99 Å². The van der Waals surface area contributed by atoms with E-state index in [-0.39, 0.29) is 29.8 Å². The fourth-order valence-electron chi connectivity index (χ4n) is 2.27. The molecule has 0 saturated carbocycles. The molecule has 2 aromatic carbocycles. The number of hydrogen-bond acceptors (Lipinski definition) is 4. The molecule has 0 radical (unpaired) electrons. The third kappa shape index (κ3) is 7.84. The van der Waals surface area contributed by atoms with Crippen molar-refractivity contribution in [3.05, 3.63) is 53.8 Å². The highest BCUT2D eigenvalue weighted by atomic mass is 127. The maximum absolute atomic E-state index is 12.9. The van der Waals surface area contributed by atoms with E-state index < -0.39 is 0 Å². The molecular formula is C19H25FIN3O2S. The zero-order chi connectivity index (χ0) is 18.8. The average Bonchev–Trinajstić information content (AvgIpc) is 2.68.